The van der Waals surface area contributed by atoms with Gasteiger partial charge in [-0.15, -0.1) is 0 Å². The molecule has 0 saturated heterocycles. The largest absolute Gasteiger partial charge is 0.494 e. The summed E-state index contributed by atoms with van der Waals surface area (Å²) in [5.41, 5.74) is 0. The molecule has 4 aromatic rings. The van der Waals surface area contributed by atoms with Crippen molar-refractivity contribution >= 4 is 38.8 Å². The summed E-state index contributed by atoms with van der Waals surface area (Å²) in [5.74, 6) is 6.20. The predicted octanol–water partition coefficient (Wildman–Crippen LogP) is 12.0. The molecule has 67 heavy (non-hydrogen) atoms. The summed E-state index contributed by atoms with van der Waals surface area (Å²) < 4.78 is 61.2. The molecule has 0 aromatic heterocycles. The molecule has 2 radical (unpaired) electrons. The van der Waals surface area contributed by atoms with Gasteiger partial charge in [0.25, 0.3) is 18.1 Å². The number of ether oxygens (including phenoxy) is 8. The lowest BCUT2D eigenvalue weighted by atomic mass is 10.3. The first-order chi connectivity index (χ1) is 32.9. The fraction of sp³-hybridized carbons (Fsp3) is 0.571. The predicted molar refractivity (Wildman–Crippen MR) is 280 cm³/mol. The summed E-state index contributed by atoms with van der Waals surface area (Å²) >= 11 is 0. The number of hydrogen-bond acceptors (Lipinski definition) is 9. The van der Waals surface area contributed by atoms with Crippen LogP contribution in [0.3, 0.4) is 0 Å². The zero-order valence-corrected chi connectivity index (χ0v) is 44.6. The zero-order valence-electron chi connectivity index (χ0n) is 42.6. The van der Waals surface area contributed by atoms with E-state index in [1.54, 1.807) is 0 Å². The molecule has 0 N–H and O–H groups in total. The zero-order chi connectivity index (χ0) is 47.9. The van der Waals surface area contributed by atoms with Crippen LogP contribution >= 0.6 is 0 Å². The quantitative estimate of drug-likeness (QED) is 0.0322. The summed E-state index contributed by atoms with van der Waals surface area (Å²) in [6, 6.07) is 25.0. The molecular formula is C56H84O9Si2. The number of rotatable bonds is 38. The Morgan fingerprint density at radius 2 is 0.463 bits per heavy atom. The van der Waals surface area contributed by atoms with Crippen LogP contribution in [0.5, 0.6) is 46.0 Å². The van der Waals surface area contributed by atoms with E-state index in [4.69, 9.17) is 42.0 Å². The van der Waals surface area contributed by atoms with Gasteiger partial charge in [-0.2, -0.15) is 0 Å². The minimum absolute atomic E-state index is 0.575. The molecule has 11 heteroatoms. The van der Waals surface area contributed by atoms with E-state index in [0.29, 0.717) is 52.9 Å². The Morgan fingerprint density at radius 1 is 0.269 bits per heavy atom. The maximum Gasteiger partial charge on any atom is 0.280 e. The van der Waals surface area contributed by atoms with Gasteiger partial charge in [0.15, 0.2) is 0 Å². The second kappa shape index (κ2) is 33.2. The van der Waals surface area contributed by atoms with Gasteiger partial charge in [-0.1, -0.05) is 107 Å². The lowest BCUT2D eigenvalue weighted by molar-refractivity contribution is 0.301. The van der Waals surface area contributed by atoms with Gasteiger partial charge in [0, 0.05) is 20.7 Å². The van der Waals surface area contributed by atoms with Crippen molar-refractivity contribution in [1.29, 1.82) is 0 Å². The third-order valence-corrected chi connectivity index (χ3v) is 16.2. The average Bonchev–Trinajstić information content (AvgIpc) is 3.34. The maximum absolute atomic E-state index is 8.17. The highest BCUT2D eigenvalue weighted by Gasteiger charge is 2.37. The van der Waals surface area contributed by atoms with Crippen LogP contribution in [0.15, 0.2) is 72.8 Å². The van der Waals surface area contributed by atoms with Crippen LogP contribution in [-0.2, 0) is 4.12 Å². The molecule has 0 spiro atoms. The summed E-state index contributed by atoms with van der Waals surface area (Å²) in [4.78, 5) is 0. The average molecular weight is 957 g/mol. The van der Waals surface area contributed by atoms with Crippen molar-refractivity contribution in [1.82, 2.24) is 0 Å². The van der Waals surface area contributed by atoms with E-state index >= 15 is 0 Å². The normalized spacial score (nSPS) is 11.3. The minimum Gasteiger partial charge on any atom is -0.494 e. The third-order valence-electron chi connectivity index (χ3n) is 11.1. The third kappa shape index (κ3) is 18.9. The van der Waals surface area contributed by atoms with Crippen molar-refractivity contribution in [2.24, 2.45) is 0 Å². The molecule has 0 fully saturated rings. The van der Waals surface area contributed by atoms with Crippen LogP contribution < -0.4 is 58.6 Å². The Bertz CT molecular complexity index is 1670. The molecule has 0 atom stereocenters. The van der Waals surface area contributed by atoms with Crippen molar-refractivity contribution in [3.63, 3.8) is 0 Å². The Balaban J connectivity index is 2.15. The van der Waals surface area contributed by atoms with Gasteiger partial charge in [-0.3, -0.25) is 0 Å². The highest BCUT2D eigenvalue weighted by atomic mass is 28.4. The first-order valence-electron chi connectivity index (χ1n) is 26.0. The number of unbranched alkanes of at least 4 members (excludes halogenated alkanes) is 8. The topological polar surface area (TPSA) is 83.1 Å². The standard InChI is InChI=1S/C56H84O9Si2/c1-9-17-33-57-45-25-29-49(61-37-21-13-5)53(41-45)66(54-42-46(58-34-18-10-2)26-30-50(54)62-38-22-14-6)65-67(55-43-47(59-35-19-11-3)27-31-51(55)63-39-23-15-7)56-44-48(60-36-20-12-4)28-32-52(56)64-40-24-16-8/h25-32,41-44H,9-24,33-40H2,1-8H3. The lowest BCUT2D eigenvalue weighted by Crippen LogP contribution is -2.57. The molecule has 0 unspecified atom stereocenters. The van der Waals surface area contributed by atoms with E-state index in [2.05, 4.69) is 104 Å². The van der Waals surface area contributed by atoms with E-state index < -0.39 is 18.1 Å². The van der Waals surface area contributed by atoms with Gasteiger partial charge in [0.05, 0.1) is 52.9 Å². The second-order valence-corrected chi connectivity index (χ2v) is 21.3. The Hall–Kier alpha value is -4.33. The SMILES string of the molecule is CCCCOc1ccc(OCCCC)c([Si](O[Si](c2cc(OCCCC)ccc2OCCCC)c2cc(OCCCC)ccc2OCCCC)c2cc(OCCCC)ccc2OCCCC)c1. The molecule has 9 nitrogen and oxygen atoms in total. The number of benzene rings is 4. The molecule has 0 heterocycles. The lowest BCUT2D eigenvalue weighted by Gasteiger charge is -2.29. The van der Waals surface area contributed by atoms with Crippen LogP contribution in [0, 0.1) is 0 Å². The van der Waals surface area contributed by atoms with Crippen molar-refractivity contribution in [2.45, 2.75) is 158 Å². The van der Waals surface area contributed by atoms with Crippen molar-refractivity contribution in [3.8, 4) is 46.0 Å². The van der Waals surface area contributed by atoms with Crippen LogP contribution in [0.25, 0.3) is 0 Å². The van der Waals surface area contributed by atoms with E-state index in [9.17, 15) is 0 Å². The Kier molecular flexibility index (Phi) is 27.4. The fourth-order valence-corrected chi connectivity index (χ4v) is 12.6. The van der Waals surface area contributed by atoms with Gasteiger partial charge in [-0.25, -0.2) is 0 Å². The first-order valence-corrected chi connectivity index (χ1v) is 28.8. The van der Waals surface area contributed by atoms with Crippen LogP contribution in [0.2, 0.25) is 0 Å². The summed E-state index contributed by atoms with van der Waals surface area (Å²) in [5, 5.41) is 3.76. The van der Waals surface area contributed by atoms with E-state index in [0.717, 1.165) is 169 Å². The highest BCUT2D eigenvalue weighted by molar-refractivity contribution is 6.93. The highest BCUT2D eigenvalue weighted by Crippen LogP contribution is 2.27. The molecule has 0 aliphatic rings. The molecule has 4 rings (SSSR count). The van der Waals surface area contributed by atoms with Gasteiger partial charge >= 0.3 is 0 Å². The smallest absolute Gasteiger partial charge is 0.280 e. The van der Waals surface area contributed by atoms with Crippen molar-refractivity contribution in [2.75, 3.05) is 52.9 Å². The molecule has 370 valence electrons. The molecule has 0 aliphatic carbocycles. The first kappa shape index (κ1) is 55.3. The second-order valence-electron chi connectivity index (χ2n) is 17.0. The Morgan fingerprint density at radius 3 is 0.657 bits per heavy atom. The monoisotopic (exact) mass is 957 g/mol. The number of hydrogen-bond donors (Lipinski definition) is 0. The van der Waals surface area contributed by atoms with Gasteiger partial charge in [-0.05, 0) is 124 Å². The van der Waals surface area contributed by atoms with Gasteiger partial charge < -0.3 is 42.0 Å². The van der Waals surface area contributed by atoms with Crippen molar-refractivity contribution < 1.29 is 42.0 Å². The summed E-state index contributed by atoms with van der Waals surface area (Å²) in [6.07, 6.45) is 15.7. The molecule has 4 aromatic carbocycles. The van der Waals surface area contributed by atoms with Crippen LogP contribution in [0.4, 0.5) is 0 Å². The fourth-order valence-electron chi connectivity index (χ4n) is 6.86. The van der Waals surface area contributed by atoms with Crippen LogP contribution in [0.1, 0.15) is 158 Å². The Labute approximate surface area is 409 Å². The maximum atomic E-state index is 8.17. The minimum atomic E-state index is -2.34. The van der Waals surface area contributed by atoms with Crippen molar-refractivity contribution in [3.05, 3.63) is 72.8 Å². The molecule has 0 aliphatic heterocycles. The van der Waals surface area contributed by atoms with E-state index in [1.807, 2.05) is 24.3 Å². The van der Waals surface area contributed by atoms with Gasteiger partial charge in [0.2, 0.25) is 0 Å². The van der Waals surface area contributed by atoms with E-state index in [-0.39, 0.29) is 0 Å². The molecule has 0 bridgehead atoms. The molecular weight excluding hydrogens is 873 g/mol. The molecule has 0 amide bonds. The van der Waals surface area contributed by atoms with E-state index in [1.165, 1.54) is 0 Å². The summed E-state index contributed by atoms with van der Waals surface area (Å²) in [7, 11) is -4.67. The molecule has 0 saturated carbocycles. The van der Waals surface area contributed by atoms with Gasteiger partial charge in [0.1, 0.15) is 46.0 Å². The summed E-state index contributed by atoms with van der Waals surface area (Å²) in [6.45, 7) is 22.2. The van der Waals surface area contributed by atoms with Crippen LogP contribution in [-0.4, -0.2) is 70.9 Å².